The maximum absolute atomic E-state index is 5.66. The third kappa shape index (κ3) is 3.44. The van der Waals surface area contributed by atoms with Crippen molar-refractivity contribution in [3.8, 4) is 0 Å². The van der Waals surface area contributed by atoms with Crippen molar-refractivity contribution in [3.05, 3.63) is 0 Å². The zero-order chi connectivity index (χ0) is 13.0. The normalized spacial score (nSPS) is 32.8. The van der Waals surface area contributed by atoms with E-state index in [0.717, 1.165) is 32.1 Å². The second-order valence-electron chi connectivity index (χ2n) is 6.00. The molecule has 18 heavy (non-hydrogen) atoms. The zero-order valence-electron chi connectivity index (χ0n) is 12.1. The average Bonchev–Trinajstić information content (AvgIpc) is 2.86. The molecule has 2 heterocycles. The molecule has 0 bridgehead atoms. The van der Waals surface area contributed by atoms with Crippen LogP contribution in [0.2, 0.25) is 0 Å². The summed E-state index contributed by atoms with van der Waals surface area (Å²) in [5.74, 6) is 0.803. The van der Waals surface area contributed by atoms with Crippen molar-refractivity contribution in [2.45, 2.75) is 37.8 Å². The number of hydrogen-bond donors (Lipinski definition) is 1. The summed E-state index contributed by atoms with van der Waals surface area (Å²) in [5, 5.41) is 3.68. The lowest BCUT2D eigenvalue weighted by Crippen LogP contribution is -2.49. The van der Waals surface area contributed by atoms with Gasteiger partial charge in [-0.2, -0.15) is 0 Å². The van der Waals surface area contributed by atoms with Gasteiger partial charge in [-0.15, -0.1) is 0 Å². The quantitative estimate of drug-likeness (QED) is 0.799. The first-order chi connectivity index (χ1) is 8.65. The molecule has 0 saturated carbocycles. The highest BCUT2D eigenvalue weighted by atomic mass is 16.5. The first kappa shape index (κ1) is 14.3. The Morgan fingerprint density at radius 3 is 2.72 bits per heavy atom. The Morgan fingerprint density at radius 1 is 1.44 bits per heavy atom. The third-order valence-electron chi connectivity index (χ3n) is 4.72. The Kier molecular flexibility index (Phi) is 5.01. The van der Waals surface area contributed by atoms with Gasteiger partial charge in [0.2, 0.25) is 0 Å². The van der Waals surface area contributed by atoms with Gasteiger partial charge in [-0.05, 0) is 45.8 Å². The van der Waals surface area contributed by atoms with Crippen LogP contribution in [0.25, 0.3) is 0 Å². The topological polar surface area (TPSA) is 33.7 Å². The Bertz CT molecular complexity index is 246. The molecule has 2 unspecified atom stereocenters. The highest BCUT2D eigenvalue weighted by molar-refractivity contribution is 4.89. The molecule has 0 aliphatic carbocycles. The van der Waals surface area contributed by atoms with Crippen LogP contribution in [0.4, 0.5) is 0 Å². The van der Waals surface area contributed by atoms with E-state index in [-0.39, 0.29) is 5.60 Å². The van der Waals surface area contributed by atoms with Gasteiger partial charge in [-0.25, -0.2) is 0 Å². The van der Waals surface area contributed by atoms with Gasteiger partial charge >= 0.3 is 0 Å². The smallest absolute Gasteiger partial charge is 0.106 e. The lowest BCUT2D eigenvalue weighted by Gasteiger charge is -2.35. The molecular weight excluding hydrogens is 228 g/mol. The molecule has 2 fully saturated rings. The molecule has 2 aliphatic heterocycles. The van der Waals surface area contributed by atoms with Gasteiger partial charge in [0.1, 0.15) is 5.60 Å². The third-order valence-corrected chi connectivity index (χ3v) is 4.72. The van der Waals surface area contributed by atoms with Crippen LogP contribution in [0, 0.1) is 5.92 Å². The number of likely N-dealkylation sites (tertiary alicyclic amines) is 1. The SMILES string of the molecule is COC1(CNC(C)C2CCN(C)CC2)CCOC1. The van der Waals surface area contributed by atoms with E-state index in [1.807, 2.05) is 0 Å². The molecule has 2 saturated heterocycles. The summed E-state index contributed by atoms with van der Waals surface area (Å²) in [4.78, 5) is 2.42. The van der Waals surface area contributed by atoms with Crippen molar-refractivity contribution in [3.63, 3.8) is 0 Å². The number of methoxy groups -OCH3 is 1. The molecular formula is C14H28N2O2. The Hall–Kier alpha value is -0.160. The summed E-state index contributed by atoms with van der Waals surface area (Å²) in [6.07, 6.45) is 3.62. The fourth-order valence-electron chi connectivity index (χ4n) is 3.00. The molecule has 0 amide bonds. The van der Waals surface area contributed by atoms with Gasteiger partial charge in [0.25, 0.3) is 0 Å². The van der Waals surface area contributed by atoms with Gasteiger partial charge in [0.05, 0.1) is 6.61 Å². The summed E-state index contributed by atoms with van der Waals surface area (Å²) in [6.45, 7) is 7.26. The molecule has 0 aromatic rings. The van der Waals surface area contributed by atoms with Crippen LogP contribution in [-0.2, 0) is 9.47 Å². The Labute approximate surface area is 111 Å². The van der Waals surface area contributed by atoms with Gasteiger partial charge in [0, 0.05) is 32.7 Å². The molecule has 4 heteroatoms. The highest BCUT2D eigenvalue weighted by Gasteiger charge is 2.35. The molecule has 0 spiro atoms. The Morgan fingerprint density at radius 2 is 2.17 bits per heavy atom. The van der Waals surface area contributed by atoms with Gasteiger partial charge in [-0.3, -0.25) is 0 Å². The number of piperidine rings is 1. The lowest BCUT2D eigenvalue weighted by molar-refractivity contribution is -0.0189. The van der Waals surface area contributed by atoms with E-state index in [1.165, 1.54) is 25.9 Å². The van der Waals surface area contributed by atoms with E-state index >= 15 is 0 Å². The largest absolute Gasteiger partial charge is 0.378 e. The molecule has 0 aromatic carbocycles. The predicted octanol–water partition coefficient (Wildman–Crippen LogP) is 1.11. The van der Waals surface area contributed by atoms with E-state index < -0.39 is 0 Å². The van der Waals surface area contributed by atoms with Crippen LogP contribution in [0.5, 0.6) is 0 Å². The Balaban J connectivity index is 1.75. The summed E-state index contributed by atoms with van der Waals surface area (Å²) >= 11 is 0. The predicted molar refractivity (Wildman–Crippen MR) is 72.9 cm³/mol. The minimum atomic E-state index is -0.0836. The van der Waals surface area contributed by atoms with E-state index in [0.29, 0.717) is 6.04 Å². The highest BCUT2D eigenvalue weighted by Crippen LogP contribution is 2.24. The molecule has 1 N–H and O–H groups in total. The second kappa shape index (κ2) is 6.33. The van der Waals surface area contributed by atoms with Crippen molar-refractivity contribution >= 4 is 0 Å². The number of nitrogens with zero attached hydrogens (tertiary/aromatic N) is 1. The van der Waals surface area contributed by atoms with E-state index in [2.05, 4.69) is 24.2 Å². The van der Waals surface area contributed by atoms with Crippen molar-refractivity contribution in [1.82, 2.24) is 10.2 Å². The number of hydrogen-bond acceptors (Lipinski definition) is 4. The lowest BCUT2D eigenvalue weighted by atomic mass is 9.90. The summed E-state index contributed by atoms with van der Waals surface area (Å²) in [5.41, 5.74) is -0.0836. The maximum Gasteiger partial charge on any atom is 0.106 e. The first-order valence-corrected chi connectivity index (χ1v) is 7.20. The van der Waals surface area contributed by atoms with Crippen LogP contribution in [0.1, 0.15) is 26.2 Å². The molecule has 2 aliphatic rings. The zero-order valence-corrected chi connectivity index (χ0v) is 12.1. The van der Waals surface area contributed by atoms with Gasteiger partial charge in [-0.1, -0.05) is 0 Å². The molecule has 0 radical (unpaired) electrons. The van der Waals surface area contributed by atoms with Crippen molar-refractivity contribution in [2.75, 3.05) is 47.0 Å². The first-order valence-electron chi connectivity index (χ1n) is 7.20. The van der Waals surface area contributed by atoms with E-state index in [9.17, 15) is 0 Å². The maximum atomic E-state index is 5.66. The number of nitrogens with one attached hydrogen (secondary N) is 1. The van der Waals surface area contributed by atoms with Crippen molar-refractivity contribution in [2.24, 2.45) is 5.92 Å². The van der Waals surface area contributed by atoms with Crippen LogP contribution in [-0.4, -0.2) is 63.5 Å². The fraction of sp³-hybridized carbons (Fsp3) is 1.00. The van der Waals surface area contributed by atoms with E-state index in [4.69, 9.17) is 9.47 Å². The second-order valence-corrected chi connectivity index (χ2v) is 6.00. The number of ether oxygens (including phenoxy) is 2. The van der Waals surface area contributed by atoms with Crippen LogP contribution in [0.15, 0.2) is 0 Å². The minimum Gasteiger partial charge on any atom is -0.378 e. The molecule has 106 valence electrons. The summed E-state index contributed by atoms with van der Waals surface area (Å²) < 4.78 is 11.1. The van der Waals surface area contributed by atoms with Gasteiger partial charge < -0.3 is 19.7 Å². The molecule has 2 rings (SSSR count). The average molecular weight is 256 g/mol. The molecule has 2 atom stereocenters. The van der Waals surface area contributed by atoms with Crippen LogP contribution >= 0.6 is 0 Å². The van der Waals surface area contributed by atoms with E-state index in [1.54, 1.807) is 7.11 Å². The molecule has 4 nitrogen and oxygen atoms in total. The summed E-state index contributed by atoms with van der Waals surface area (Å²) in [7, 11) is 4.01. The standard InChI is InChI=1S/C14H28N2O2/c1-12(13-4-7-16(2)8-5-13)15-10-14(17-3)6-9-18-11-14/h12-13,15H,4-11H2,1-3H3. The van der Waals surface area contributed by atoms with Crippen LogP contribution in [0.3, 0.4) is 0 Å². The van der Waals surface area contributed by atoms with Crippen molar-refractivity contribution < 1.29 is 9.47 Å². The number of rotatable bonds is 5. The fourth-order valence-corrected chi connectivity index (χ4v) is 3.00. The monoisotopic (exact) mass is 256 g/mol. The van der Waals surface area contributed by atoms with Crippen molar-refractivity contribution in [1.29, 1.82) is 0 Å². The summed E-state index contributed by atoms with van der Waals surface area (Å²) in [6, 6.07) is 0.575. The van der Waals surface area contributed by atoms with Gasteiger partial charge in [0.15, 0.2) is 0 Å². The van der Waals surface area contributed by atoms with Crippen LogP contribution < -0.4 is 5.32 Å². The molecule has 0 aromatic heterocycles. The minimum absolute atomic E-state index is 0.0836.